The largest absolute Gasteiger partial charge is 0.274 e. The molecule has 6 aromatic rings. The summed E-state index contributed by atoms with van der Waals surface area (Å²) < 4.78 is 9.38. The van der Waals surface area contributed by atoms with Gasteiger partial charge in [-0.05, 0) is 81.5 Å². The zero-order valence-corrected chi connectivity index (χ0v) is 44.0. The van der Waals surface area contributed by atoms with E-state index in [0.29, 0.717) is 34.6 Å². The Labute approximate surface area is 400 Å². The van der Waals surface area contributed by atoms with E-state index in [9.17, 15) is 9.59 Å². The fourth-order valence-electron chi connectivity index (χ4n) is 9.41. The Morgan fingerprint density at radius 3 is 1.03 bits per heavy atom. The molecule has 0 amide bonds. The molecule has 6 heterocycles. The molecular weight excluding hydrogens is 981 g/mol. The predicted octanol–water partition coefficient (Wildman–Crippen LogP) is 16.9. The molecule has 0 saturated heterocycles. The molecule has 0 aliphatic rings. The maximum absolute atomic E-state index is 15.2. The summed E-state index contributed by atoms with van der Waals surface area (Å²) in [6.07, 6.45) is 27.8. The molecule has 62 heavy (non-hydrogen) atoms. The van der Waals surface area contributed by atoms with Crippen LogP contribution in [0, 0.1) is 11.8 Å². The number of aromatic nitrogens is 2. The van der Waals surface area contributed by atoms with E-state index in [0.717, 1.165) is 100.0 Å². The number of hydrogen-bond acceptors (Lipinski definition) is 8. The molecule has 0 spiro atoms. The Morgan fingerprint density at radius 2 is 0.694 bits per heavy atom. The fourth-order valence-corrected chi connectivity index (χ4v) is 15.7. The van der Waals surface area contributed by atoms with Gasteiger partial charge in [-0.15, -0.1) is 45.3 Å². The summed E-state index contributed by atoms with van der Waals surface area (Å²) in [6.45, 7) is 9.74. The Hall–Kier alpha value is -1.70. The second kappa shape index (κ2) is 24.7. The van der Waals surface area contributed by atoms with Crippen LogP contribution < -0.4 is 22.2 Å². The summed E-state index contributed by atoms with van der Waals surface area (Å²) in [6, 6.07) is 3.75. The van der Waals surface area contributed by atoms with Crippen LogP contribution in [0.4, 0.5) is 0 Å². The molecule has 0 aliphatic heterocycles. The van der Waals surface area contributed by atoms with Crippen molar-refractivity contribution >= 4 is 127 Å². The molecule has 0 fully saturated rings. The molecule has 0 aliphatic carbocycles. The second-order valence-electron chi connectivity index (χ2n) is 17.8. The van der Waals surface area contributed by atoms with E-state index in [4.69, 9.17) is 0 Å². The number of fused-ring (bicyclic) bond motifs is 9. The SMILES string of the molecule is CCCCCCCCC(CCCCCC)Cn1c(=O)c2cc(Br)sc2c2sc3c(sc4c5sc(Br)cc5c(=O)n(CC(CCCCCC)CCCCCCCC)c(=O)c43)c2c1=O. The Bertz CT molecular complexity index is 2470. The van der Waals surface area contributed by atoms with Crippen LogP contribution >= 0.6 is 77.2 Å². The maximum atomic E-state index is 15.2. The molecule has 0 bridgehead atoms. The van der Waals surface area contributed by atoms with Crippen LogP contribution in [0.3, 0.4) is 0 Å². The Kier molecular flexibility index (Phi) is 19.8. The highest BCUT2D eigenvalue weighted by Crippen LogP contribution is 2.47. The van der Waals surface area contributed by atoms with Crippen molar-refractivity contribution < 1.29 is 0 Å². The lowest BCUT2D eigenvalue weighted by molar-refractivity contribution is 0.351. The standard InChI is InChI=1S/C50H68Br2N2O4S4/c1-5-9-13-17-19-23-27-33(25-21-15-11-7-3)31-53-47(55)35-29-37(51)59-41(35)43-39(49(53)57)45-46(61-43)40-44(62-45)42-36(30-38(52)60-42)48(56)54(50(40)58)32-34(26-22-16-12-8-4)28-24-20-18-14-10-6-2/h29-30,33-34H,5-28,31-32H2,1-4H3. The van der Waals surface area contributed by atoms with E-state index >= 15 is 9.59 Å². The summed E-state index contributed by atoms with van der Waals surface area (Å²) in [7, 11) is 0. The molecule has 0 saturated carbocycles. The van der Waals surface area contributed by atoms with Gasteiger partial charge in [-0.25, -0.2) is 0 Å². The first-order chi connectivity index (χ1) is 30.1. The average Bonchev–Trinajstić information content (AvgIpc) is 4.02. The van der Waals surface area contributed by atoms with Gasteiger partial charge in [-0.1, -0.05) is 156 Å². The van der Waals surface area contributed by atoms with Crippen LogP contribution in [0.1, 0.15) is 182 Å². The third-order valence-electron chi connectivity index (χ3n) is 13.0. The highest BCUT2D eigenvalue weighted by atomic mass is 79.9. The fraction of sp³-hybridized carbons (Fsp3) is 0.640. The number of rotatable bonds is 28. The molecule has 6 rings (SSSR count). The Morgan fingerprint density at radius 1 is 0.403 bits per heavy atom. The lowest BCUT2D eigenvalue weighted by atomic mass is 9.94. The van der Waals surface area contributed by atoms with E-state index in [1.165, 1.54) is 135 Å². The molecule has 0 N–H and O–H groups in total. The van der Waals surface area contributed by atoms with Gasteiger partial charge in [0.25, 0.3) is 22.2 Å². The van der Waals surface area contributed by atoms with Crippen molar-refractivity contribution in [1.29, 1.82) is 0 Å². The number of hydrogen-bond donors (Lipinski definition) is 0. The summed E-state index contributed by atoms with van der Waals surface area (Å²) in [5, 5.41) is 2.17. The quantitative estimate of drug-likeness (QED) is 0.0459. The normalized spacial score (nSPS) is 13.2. The van der Waals surface area contributed by atoms with Crippen molar-refractivity contribution in [1.82, 2.24) is 9.13 Å². The summed E-state index contributed by atoms with van der Waals surface area (Å²) in [5.41, 5.74) is -0.966. The highest BCUT2D eigenvalue weighted by Gasteiger charge is 2.26. The molecule has 0 aromatic carbocycles. The van der Waals surface area contributed by atoms with Crippen molar-refractivity contribution in [2.24, 2.45) is 11.8 Å². The van der Waals surface area contributed by atoms with Gasteiger partial charge in [0.15, 0.2) is 0 Å². The lowest BCUT2D eigenvalue weighted by Gasteiger charge is -2.17. The van der Waals surface area contributed by atoms with Crippen LogP contribution in [0.15, 0.2) is 38.9 Å². The van der Waals surface area contributed by atoms with Gasteiger partial charge in [0, 0.05) is 13.1 Å². The van der Waals surface area contributed by atoms with E-state index in [2.05, 4.69) is 59.6 Å². The first kappa shape index (κ1) is 49.7. The van der Waals surface area contributed by atoms with Crippen LogP contribution in [0.25, 0.3) is 49.7 Å². The van der Waals surface area contributed by atoms with Crippen molar-refractivity contribution in [3.8, 4) is 0 Å². The lowest BCUT2D eigenvalue weighted by Crippen LogP contribution is -2.33. The molecule has 6 aromatic heterocycles. The van der Waals surface area contributed by atoms with Crippen LogP contribution in [-0.4, -0.2) is 9.13 Å². The van der Waals surface area contributed by atoms with Gasteiger partial charge in [-0.3, -0.25) is 28.3 Å². The topological polar surface area (TPSA) is 78.1 Å². The van der Waals surface area contributed by atoms with Crippen molar-refractivity contribution in [3.05, 3.63) is 61.1 Å². The average molecular weight is 1050 g/mol. The van der Waals surface area contributed by atoms with Crippen LogP contribution in [0.2, 0.25) is 0 Å². The molecule has 0 radical (unpaired) electrons. The smallest absolute Gasteiger partial charge is 0.263 e. The van der Waals surface area contributed by atoms with Gasteiger partial charge in [0.1, 0.15) is 0 Å². The molecule has 2 unspecified atom stereocenters. The summed E-state index contributed by atoms with van der Waals surface area (Å²) >= 11 is 13.3. The summed E-state index contributed by atoms with van der Waals surface area (Å²) in [4.78, 5) is 59.6. The van der Waals surface area contributed by atoms with E-state index in [1.54, 1.807) is 9.13 Å². The highest BCUT2D eigenvalue weighted by molar-refractivity contribution is 9.11. The van der Waals surface area contributed by atoms with E-state index in [-0.39, 0.29) is 34.1 Å². The van der Waals surface area contributed by atoms with Gasteiger partial charge in [0.05, 0.1) is 57.3 Å². The predicted molar refractivity (Wildman–Crippen MR) is 282 cm³/mol. The van der Waals surface area contributed by atoms with Crippen LogP contribution in [0.5, 0.6) is 0 Å². The van der Waals surface area contributed by atoms with E-state index in [1.807, 2.05) is 12.1 Å². The molecule has 2 atom stereocenters. The Balaban J connectivity index is 1.51. The van der Waals surface area contributed by atoms with Crippen LogP contribution in [-0.2, 0) is 13.1 Å². The van der Waals surface area contributed by atoms with E-state index < -0.39 is 0 Å². The number of nitrogens with zero attached hydrogens (tertiary/aromatic N) is 2. The third kappa shape index (κ3) is 12.0. The van der Waals surface area contributed by atoms with Crippen molar-refractivity contribution in [3.63, 3.8) is 0 Å². The van der Waals surface area contributed by atoms with Crippen molar-refractivity contribution in [2.75, 3.05) is 0 Å². The first-order valence-corrected chi connectivity index (χ1v) is 28.9. The summed E-state index contributed by atoms with van der Waals surface area (Å²) in [5.74, 6) is 0.455. The molecule has 340 valence electrons. The second-order valence-corrected chi connectivity index (χ2v) is 24.7. The monoisotopic (exact) mass is 1050 g/mol. The van der Waals surface area contributed by atoms with Gasteiger partial charge in [-0.2, -0.15) is 0 Å². The number of halogens is 2. The van der Waals surface area contributed by atoms with Gasteiger partial charge >= 0.3 is 0 Å². The minimum atomic E-state index is -0.257. The third-order valence-corrected chi connectivity index (χ3v) is 19.1. The molecule has 12 heteroatoms. The molecule has 6 nitrogen and oxygen atoms in total. The first-order valence-electron chi connectivity index (χ1n) is 24.0. The zero-order valence-electron chi connectivity index (χ0n) is 37.6. The number of thiophene rings is 4. The minimum absolute atomic E-state index is 0.226. The number of unbranched alkanes of at least 4 members (excludes halogenated alkanes) is 16. The maximum Gasteiger partial charge on any atom is 0.263 e. The molecular formula is C50H68Br2N2O4S4. The van der Waals surface area contributed by atoms with Gasteiger partial charge < -0.3 is 0 Å². The van der Waals surface area contributed by atoms with Gasteiger partial charge in [0.2, 0.25) is 0 Å². The van der Waals surface area contributed by atoms with Crippen molar-refractivity contribution in [2.45, 2.75) is 195 Å². The minimum Gasteiger partial charge on any atom is -0.274 e. The zero-order chi connectivity index (χ0) is 44.2.